The summed E-state index contributed by atoms with van der Waals surface area (Å²) in [7, 11) is -0.932. The van der Waals surface area contributed by atoms with E-state index in [-0.39, 0.29) is 57.3 Å². The van der Waals surface area contributed by atoms with Crippen molar-refractivity contribution >= 4 is 50.2 Å². The quantitative estimate of drug-likeness (QED) is 0.211. The molecule has 14 heteroatoms. The van der Waals surface area contributed by atoms with E-state index in [1.165, 1.54) is 37.1 Å². The van der Waals surface area contributed by atoms with Crippen molar-refractivity contribution in [1.29, 1.82) is 0 Å². The Kier molecular flexibility index (Phi) is 10.0. The molecule has 2 aromatic carbocycles. The van der Waals surface area contributed by atoms with Crippen LogP contribution in [0, 0.1) is 0 Å². The van der Waals surface area contributed by atoms with Crippen LogP contribution in [0.1, 0.15) is 44.7 Å². The second-order valence-corrected chi connectivity index (χ2v) is 14.1. The molecular formula is C31H34Cl2N4O7S. The molecular weight excluding hydrogens is 643 g/mol. The molecule has 11 nitrogen and oxygen atoms in total. The fourth-order valence-electron chi connectivity index (χ4n) is 4.67. The molecule has 1 amide bonds. The second kappa shape index (κ2) is 13.2. The zero-order chi connectivity index (χ0) is 33.3. The normalized spacial score (nSPS) is 12.6. The van der Waals surface area contributed by atoms with Crippen LogP contribution in [0.3, 0.4) is 0 Å². The van der Waals surface area contributed by atoms with Crippen LogP contribution in [0.2, 0.25) is 10.0 Å². The van der Waals surface area contributed by atoms with Gasteiger partial charge in [-0.05, 0) is 43.9 Å². The Morgan fingerprint density at radius 1 is 1.07 bits per heavy atom. The number of nitrogens with zero attached hydrogens (tertiary/aromatic N) is 3. The van der Waals surface area contributed by atoms with E-state index in [9.17, 15) is 18.0 Å². The maximum absolute atomic E-state index is 14.3. The van der Waals surface area contributed by atoms with Crippen LogP contribution in [0.5, 0.6) is 11.5 Å². The topological polar surface area (TPSA) is 139 Å². The number of benzene rings is 2. The zero-order valence-electron chi connectivity index (χ0n) is 25.9. The van der Waals surface area contributed by atoms with Gasteiger partial charge in [-0.2, -0.15) is 4.98 Å². The van der Waals surface area contributed by atoms with Gasteiger partial charge in [0.05, 0.1) is 29.8 Å². The van der Waals surface area contributed by atoms with Crippen molar-refractivity contribution in [1.82, 2.24) is 19.9 Å². The van der Waals surface area contributed by atoms with E-state index in [1.54, 1.807) is 20.8 Å². The van der Waals surface area contributed by atoms with E-state index in [4.69, 9.17) is 37.4 Å². The molecule has 0 bridgehead atoms. The number of methoxy groups -OCH3 is 2. The number of ether oxygens (including phenoxy) is 3. The lowest BCUT2D eigenvalue weighted by molar-refractivity contribution is 0.0523. The molecule has 4 rings (SSSR count). The van der Waals surface area contributed by atoms with Crippen LogP contribution in [0.4, 0.5) is 4.79 Å². The van der Waals surface area contributed by atoms with E-state index in [1.807, 2.05) is 31.2 Å². The van der Waals surface area contributed by atoms with Gasteiger partial charge in [0.2, 0.25) is 15.0 Å². The van der Waals surface area contributed by atoms with Crippen LogP contribution in [-0.2, 0) is 27.7 Å². The highest BCUT2D eigenvalue weighted by molar-refractivity contribution is 7.90. The first-order valence-corrected chi connectivity index (χ1v) is 16.5. The number of sulfone groups is 1. The molecule has 1 N–H and O–H groups in total. The Morgan fingerprint density at radius 2 is 1.71 bits per heavy atom. The molecule has 0 aliphatic heterocycles. The molecule has 0 fully saturated rings. The van der Waals surface area contributed by atoms with Crippen molar-refractivity contribution in [2.24, 2.45) is 0 Å². The number of pyridine rings is 1. The fourth-order valence-corrected chi connectivity index (χ4v) is 5.87. The highest BCUT2D eigenvalue weighted by Crippen LogP contribution is 2.45. The first kappa shape index (κ1) is 34.0. The average molecular weight is 678 g/mol. The standard InChI is InChI=1S/C31H34Cl2N4O7S/c1-17(19-10-8-9-18(11-19)14-35-30(39)44-31(2,3)4)16-37-27-20(15-34-29(36-27)45(7,40)41)12-21(28(37)38)24-25(32)22(42-5)13-23(43-6)26(24)33/h8-13,15,17H,14,16H2,1-7H3,(H,35,39). The summed E-state index contributed by atoms with van der Waals surface area (Å²) >= 11 is 13.4. The van der Waals surface area contributed by atoms with E-state index in [0.29, 0.717) is 5.39 Å². The molecule has 0 spiro atoms. The van der Waals surface area contributed by atoms with Crippen LogP contribution < -0.4 is 20.3 Å². The summed E-state index contributed by atoms with van der Waals surface area (Å²) < 4.78 is 42.2. The second-order valence-electron chi connectivity index (χ2n) is 11.5. The van der Waals surface area contributed by atoms with Crippen LogP contribution in [0.25, 0.3) is 22.2 Å². The van der Waals surface area contributed by atoms with Crippen LogP contribution >= 0.6 is 23.2 Å². The Bertz CT molecular complexity index is 1910. The number of rotatable bonds is 9. The monoisotopic (exact) mass is 676 g/mol. The minimum absolute atomic E-state index is 0.0956. The van der Waals surface area contributed by atoms with Crippen LogP contribution in [0.15, 0.2) is 52.5 Å². The Morgan fingerprint density at radius 3 is 2.29 bits per heavy atom. The Labute approximate surface area is 271 Å². The largest absolute Gasteiger partial charge is 0.495 e. The van der Waals surface area contributed by atoms with Crippen LogP contribution in [-0.4, -0.2) is 55.1 Å². The summed E-state index contributed by atoms with van der Waals surface area (Å²) in [5, 5.41) is 2.90. The van der Waals surface area contributed by atoms with Gasteiger partial charge in [-0.15, -0.1) is 0 Å². The highest BCUT2D eigenvalue weighted by atomic mass is 35.5. The summed E-state index contributed by atoms with van der Waals surface area (Å²) in [6.45, 7) is 7.60. The number of carbonyl (C=O) groups excluding carboxylic acids is 1. The van der Waals surface area contributed by atoms with E-state index >= 15 is 0 Å². The third-order valence-corrected chi connectivity index (χ3v) is 8.40. The van der Waals surface area contributed by atoms with Gasteiger partial charge in [-0.3, -0.25) is 9.36 Å². The maximum atomic E-state index is 14.3. The first-order chi connectivity index (χ1) is 21.0. The van der Waals surface area contributed by atoms with Gasteiger partial charge in [0.15, 0.2) is 0 Å². The minimum Gasteiger partial charge on any atom is -0.495 e. The molecule has 45 heavy (non-hydrogen) atoms. The van der Waals surface area contributed by atoms with E-state index in [0.717, 1.165) is 17.4 Å². The number of fused-ring (bicyclic) bond motifs is 1. The average Bonchev–Trinajstić information content (AvgIpc) is 2.96. The third-order valence-electron chi connectivity index (χ3n) is 6.79. The van der Waals surface area contributed by atoms with E-state index in [2.05, 4.69) is 15.3 Å². The number of halogens is 2. The van der Waals surface area contributed by atoms with Gasteiger partial charge in [0, 0.05) is 42.6 Å². The molecule has 240 valence electrons. The SMILES string of the molecule is COc1cc(OC)c(Cl)c(-c2cc3cnc(S(C)(=O)=O)nc3n(CC(C)c3cccc(CNC(=O)OC(C)(C)C)c3)c2=O)c1Cl. The Balaban J connectivity index is 1.83. The number of hydrogen-bond donors (Lipinski definition) is 1. The number of nitrogens with one attached hydrogen (secondary N) is 1. The smallest absolute Gasteiger partial charge is 0.407 e. The molecule has 2 heterocycles. The van der Waals surface area contributed by atoms with Gasteiger partial charge in [0.1, 0.15) is 22.7 Å². The zero-order valence-corrected chi connectivity index (χ0v) is 28.2. The van der Waals surface area contributed by atoms with Crippen molar-refractivity contribution in [3.05, 3.63) is 74.1 Å². The maximum Gasteiger partial charge on any atom is 0.407 e. The third kappa shape index (κ3) is 7.69. The van der Waals surface area contributed by atoms with Crippen molar-refractivity contribution in [2.75, 3.05) is 20.5 Å². The molecule has 2 aromatic heterocycles. The summed E-state index contributed by atoms with van der Waals surface area (Å²) in [6.07, 6.45) is 1.79. The van der Waals surface area contributed by atoms with Crippen molar-refractivity contribution in [3.8, 4) is 22.6 Å². The summed E-state index contributed by atoms with van der Waals surface area (Å²) in [5.74, 6) is 0.214. The first-order valence-electron chi connectivity index (χ1n) is 13.8. The fraction of sp³-hybridized carbons (Fsp3) is 0.355. The molecule has 0 aliphatic rings. The number of hydrogen-bond acceptors (Lipinski definition) is 9. The van der Waals surface area contributed by atoms with Gasteiger partial charge in [0.25, 0.3) is 5.56 Å². The van der Waals surface area contributed by atoms with Crippen molar-refractivity contribution in [2.45, 2.75) is 57.5 Å². The number of amides is 1. The summed E-state index contributed by atoms with van der Waals surface area (Å²) in [6, 6.07) is 10.6. The molecule has 1 atom stereocenters. The Hall–Kier alpha value is -3.87. The van der Waals surface area contributed by atoms with Crippen molar-refractivity contribution < 1.29 is 27.4 Å². The summed E-state index contributed by atoms with van der Waals surface area (Å²) in [4.78, 5) is 34.7. The predicted octanol–water partition coefficient (Wildman–Crippen LogP) is 6.01. The molecule has 4 aromatic rings. The number of aromatic nitrogens is 3. The molecule has 1 unspecified atom stereocenters. The molecule has 0 saturated heterocycles. The number of carbonyl (C=O) groups is 1. The summed E-state index contributed by atoms with van der Waals surface area (Å²) in [5.41, 5.74) is 0.958. The molecule has 0 saturated carbocycles. The highest BCUT2D eigenvalue weighted by Gasteiger charge is 2.25. The minimum atomic E-state index is -3.79. The lowest BCUT2D eigenvalue weighted by Crippen LogP contribution is -2.32. The van der Waals surface area contributed by atoms with Gasteiger partial charge in [-0.1, -0.05) is 54.4 Å². The molecule has 0 radical (unpaired) electrons. The van der Waals surface area contributed by atoms with Crippen molar-refractivity contribution in [3.63, 3.8) is 0 Å². The van der Waals surface area contributed by atoms with E-state index < -0.39 is 32.2 Å². The lowest BCUT2D eigenvalue weighted by atomic mass is 9.98. The number of alkyl carbamates (subject to hydrolysis) is 1. The van der Waals surface area contributed by atoms with Gasteiger partial charge in [-0.25, -0.2) is 18.2 Å². The van der Waals surface area contributed by atoms with Gasteiger partial charge >= 0.3 is 6.09 Å². The lowest BCUT2D eigenvalue weighted by Gasteiger charge is -2.20. The predicted molar refractivity (Wildman–Crippen MR) is 173 cm³/mol. The van der Waals surface area contributed by atoms with Gasteiger partial charge < -0.3 is 19.5 Å². The molecule has 0 aliphatic carbocycles.